The molecule has 4 nitrogen and oxygen atoms in total. The molecular formula is C11H16N2O2S. The van der Waals surface area contributed by atoms with E-state index >= 15 is 0 Å². The topological polar surface area (TPSA) is 72.2 Å². The first kappa shape index (κ1) is 12.7. The van der Waals surface area contributed by atoms with E-state index in [0.29, 0.717) is 23.5 Å². The Kier molecular flexibility index (Phi) is 4.49. The van der Waals surface area contributed by atoms with Gasteiger partial charge in [0.2, 0.25) is 0 Å². The van der Waals surface area contributed by atoms with E-state index in [2.05, 4.69) is 5.32 Å². The van der Waals surface area contributed by atoms with Crippen molar-refractivity contribution in [3.63, 3.8) is 0 Å². The molecule has 5 heteroatoms. The fourth-order valence-electron chi connectivity index (χ4n) is 1.19. The van der Waals surface area contributed by atoms with Gasteiger partial charge in [0.15, 0.2) is 0 Å². The van der Waals surface area contributed by atoms with E-state index in [4.69, 9.17) is 5.73 Å². The standard InChI is InChI=1S/C11H16N2O2S/c1-8-3-4-9(7-10(8)12)11(14)13-5-6-16(2)15/h3-4,7H,5-6,12H2,1-2H3,(H,13,14). The van der Waals surface area contributed by atoms with E-state index in [-0.39, 0.29) is 5.91 Å². The quantitative estimate of drug-likeness (QED) is 0.760. The van der Waals surface area contributed by atoms with Crippen LogP contribution in [-0.2, 0) is 10.8 Å². The Hall–Kier alpha value is -1.36. The Morgan fingerprint density at radius 3 is 2.75 bits per heavy atom. The van der Waals surface area contributed by atoms with Crippen molar-refractivity contribution >= 4 is 22.4 Å². The Labute approximate surface area is 97.7 Å². The van der Waals surface area contributed by atoms with Crippen LogP contribution in [0.2, 0.25) is 0 Å². The predicted octanol–water partition coefficient (Wildman–Crippen LogP) is 0.686. The van der Waals surface area contributed by atoms with Crippen molar-refractivity contribution in [2.24, 2.45) is 0 Å². The first-order chi connectivity index (χ1) is 7.50. The molecule has 1 rings (SSSR count). The number of nitrogens with one attached hydrogen (secondary N) is 1. The lowest BCUT2D eigenvalue weighted by atomic mass is 10.1. The second-order valence-corrected chi connectivity index (χ2v) is 5.16. The predicted molar refractivity (Wildman–Crippen MR) is 66.9 cm³/mol. The molecule has 1 aromatic carbocycles. The lowest BCUT2D eigenvalue weighted by molar-refractivity contribution is 0.0956. The Morgan fingerprint density at radius 2 is 2.19 bits per heavy atom. The molecule has 0 saturated carbocycles. The first-order valence-electron chi connectivity index (χ1n) is 4.95. The highest BCUT2D eigenvalue weighted by Crippen LogP contribution is 2.12. The van der Waals surface area contributed by atoms with Crippen LogP contribution in [0.25, 0.3) is 0 Å². The maximum atomic E-state index is 11.6. The molecule has 0 spiro atoms. The van der Waals surface area contributed by atoms with Crippen molar-refractivity contribution in [2.45, 2.75) is 6.92 Å². The van der Waals surface area contributed by atoms with E-state index in [0.717, 1.165) is 5.56 Å². The molecule has 0 fully saturated rings. The van der Waals surface area contributed by atoms with Gasteiger partial charge in [-0.15, -0.1) is 0 Å². The van der Waals surface area contributed by atoms with Gasteiger partial charge >= 0.3 is 0 Å². The number of nitrogens with two attached hydrogens (primary N) is 1. The lowest BCUT2D eigenvalue weighted by Crippen LogP contribution is -2.27. The van der Waals surface area contributed by atoms with E-state index in [1.54, 1.807) is 18.4 Å². The van der Waals surface area contributed by atoms with Gasteiger partial charge in [0, 0.05) is 40.6 Å². The van der Waals surface area contributed by atoms with Gasteiger partial charge in [0.1, 0.15) is 0 Å². The maximum absolute atomic E-state index is 11.6. The minimum absolute atomic E-state index is 0.183. The number of carbonyl (C=O) groups excluding carboxylic acids is 1. The van der Waals surface area contributed by atoms with Gasteiger partial charge < -0.3 is 11.1 Å². The molecule has 1 aromatic rings. The van der Waals surface area contributed by atoms with Gasteiger partial charge in [0.25, 0.3) is 5.91 Å². The molecule has 0 heterocycles. The summed E-state index contributed by atoms with van der Waals surface area (Å²) in [6.07, 6.45) is 1.61. The monoisotopic (exact) mass is 240 g/mol. The number of anilines is 1. The summed E-state index contributed by atoms with van der Waals surface area (Å²) in [5.74, 6) is 0.282. The summed E-state index contributed by atoms with van der Waals surface area (Å²) in [6, 6.07) is 5.18. The summed E-state index contributed by atoms with van der Waals surface area (Å²) in [5.41, 5.74) is 7.79. The van der Waals surface area contributed by atoms with Crippen molar-refractivity contribution in [2.75, 3.05) is 24.3 Å². The van der Waals surface area contributed by atoms with Crippen LogP contribution >= 0.6 is 0 Å². The lowest BCUT2D eigenvalue weighted by Gasteiger charge is -2.06. The number of nitrogen functional groups attached to an aromatic ring is 1. The number of hydrogen-bond donors (Lipinski definition) is 2. The fourth-order valence-corrected chi connectivity index (χ4v) is 1.58. The number of carbonyl (C=O) groups is 1. The molecule has 16 heavy (non-hydrogen) atoms. The zero-order valence-electron chi connectivity index (χ0n) is 9.45. The average Bonchev–Trinajstić information content (AvgIpc) is 2.21. The molecule has 0 bridgehead atoms. The zero-order valence-corrected chi connectivity index (χ0v) is 10.3. The molecule has 0 aliphatic carbocycles. The SMILES string of the molecule is Cc1ccc(C(=O)NCCS(C)=O)cc1N. The van der Waals surface area contributed by atoms with E-state index < -0.39 is 10.8 Å². The number of hydrogen-bond acceptors (Lipinski definition) is 3. The van der Waals surface area contributed by atoms with Crippen LogP contribution in [0.4, 0.5) is 5.69 Å². The third kappa shape index (κ3) is 3.66. The van der Waals surface area contributed by atoms with E-state index in [9.17, 15) is 9.00 Å². The molecule has 1 amide bonds. The molecule has 88 valence electrons. The van der Waals surface area contributed by atoms with Crippen LogP contribution in [0.15, 0.2) is 18.2 Å². The van der Waals surface area contributed by atoms with E-state index in [1.165, 1.54) is 0 Å². The van der Waals surface area contributed by atoms with Gasteiger partial charge in [-0.3, -0.25) is 9.00 Å². The highest BCUT2D eigenvalue weighted by molar-refractivity contribution is 7.84. The summed E-state index contributed by atoms with van der Waals surface area (Å²) < 4.78 is 10.8. The first-order valence-corrected chi connectivity index (χ1v) is 6.68. The molecule has 0 aromatic heterocycles. The third-order valence-corrected chi connectivity index (χ3v) is 3.00. The largest absolute Gasteiger partial charge is 0.398 e. The van der Waals surface area contributed by atoms with Crippen molar-refractivity contribution in [1.82, 2.24) is 5.32 Å². The highest BCUT2D eigenvalue weighted by atomic mass is 32.2. The molecule has 0 radical (unpaired) electrons. The maximum Gasteiger partial charge on any atom is 0.251 e. The zero-order chi connectivity index (χ0) is 12.1. The van der Waals surface area contributed by atoms with Crippen molar-refractivity contribution < 1.29 is 9.00 Å². The minimum atomic E-state index is -0.886. The summed E-state index contributed by atoms with van der Waals surface area (Å²) in [7, 11) is -0.886. The Morgan fingerprint density at radius 1 is 1.50 bits per heavy atom. The molecule has 0 aliphatic heterocycles. The van der Waals surface area contributed by atoms with Crippen LogP contribution < -0.4 is 11.1 Å². The summed E-state index contributed by atoms with van der Waals surface area (Å²) in [6.45, 7) is 2.30. The highest BCUT2D eigenvalue weighted by Gasteiger charge is 2.06. The third-order valence-electron chi connectivity index (χ3n) is 2.22. The number of amides is 1. The summed E-state index contributed by atoms with van der Waals surface area (Å²) in [5, 5.41) is 2.69. The number of aryl methyl sites for hydroxylation is 1. The van der Waals surface area contributed by atoms with Crippen LogP contribution in [0.5, 0.6) is 0 Å². The van der Waals surface area contributed by atoms with Crippen LogP contribution in [0.3, 0.4) is 0 Å². The van der Waals surface area contributed by atoms with E-state index in [1.807, 2.05) is 13.0 Å². The normalized spacial score (nSPS) is 12.1. The molecule has 3 N–H and O–H groups in total. The molecule has 0 saturated heterocycles. The second-order valence-electron chi connectivity index (χ2n) is 3.60. The molecule has 1 unspecified atom stereocenters. The van der Waals surface area contributed by atoms with Crippen molar-refractivity contribution in [3.8, 4) is 0 Å². The molecule has 1 atom stereocenters. The molecular weight excluding hydrogens is 224 g/mol. The fraction of sp³-hybridized carbons (Fsp3) is 0.364. The van der Waals surface area contributed by atoms with Crippen LogP contribution in [0, 0.1) is 6.92 Å². The Bertz CT molecular complexity index is 418. The molecule has 0 aliphatic rings. The van der Waals surface area contributed by atoms with Crippen molar-refractivity contribution in [1.29, 1.82) is 0 Å². The van der Waals surface area contributed by atoms with Gasteiger partial charge in [-0.1, -0.05) is 6.07 Å². The smallest absolute Gasteiger partial charge is 0.251 e. The number of rotatable bonds is 4. The summed E-state index contributed by atoms with van der Waals surface area (Å²) in [4.78, 5) is 11.6. The van der Waals surface area contributed by atoms with Gasteiger partial charge in [-0.25, -0.2) is 0 Å². The second kappa shape index (κ2) is 5.65. The van der Waals surface area contributed by atoms with Crippen LogP contribution in [-0.4, -0.2) is 28.7 Å². The Balaban J connectivity index is 2.59. The van der Waals surface area contributed by atoms with Gasteiger partial charge in [-0.2, -0.15) is 0 Å². The van der Waals surface area contributed by atoms with Crippen LogP contribution in [0.1, 0.15) is 15.9 Å². The summed E-state index contributed by atoms with van der Waals surface area (Å²) >= 11 is 0. The average molecular weight is 240 g/mol. The van der Waals surface area contributed by atoms with Gasteiger partial charge in [0.05, 0.1) is 0 Å². The number of benzene rings is 1. The van der Waals surface area contributed by atoms with Gasteiger partial charge in [-0.05, 0) is 24.6 Å². The minimum Gasteiger partial charge on any atom is -0.398 e. The van der Waals surface area contributed by atoms with Crippen molar-refractivity contribution in [3.05, 3.63) is 29.3 Å².